The molecule has 0 aromatic heterocycles. The monoisotopic (exact) mass is 374 g/mol. The molecule has 2 rings (SSSR count). The summed E-state index contributed by atoms with van der Waals surface area (Å²) in [4.78, 5) is 0. The number of rotatable bonds is 4. The molecule has 2 aromatic carbocycles. The van der Waals surface area contributed by atoms with E-state index >= 15 is 0 Å². The largest absolute Gasteiger partial charge is 0.493 e. The topological polar surface area (TPSA) is 38.7 Å². The first-order valence-electron chi connectivity index (χ1n) is 6.02. The Morgan fingerprint density at radius 2 is 1.76 bits per heavy atom. The van der Waals surface area contributed by atoms with E-state index < -0.39 is 11.9 Å². The van der Waals surface area contributed by atoms with E-state index in [1.54, 1.807) is 12.1 Å². The summed E-state index contributed by atoms with van der Waals surface area (Å²) >= 11 is 9.13. The SMILES string of the molecule is COc1cc(Br)c(C(O)c2ccc(F)c(Cl)c2)cc1OC. The zero-order valence-corrected chi connectivity index (χ0v) is 13.7. The van der Waals surface area contributed by atoms with Crippen LogP contribution in [0.4, 0.5) is 4.39 Å². The molecule has 0 amide bonds. The second-order valence-electron chi connectivity index (χ2n) is 4.30. The predicted octanol–water partition coefficient (Wildman–Crippen LogP) is 4.34. The molecule has 0 aliphatic carbocycles. The van der Waals surface area contributed by atoms with Crippen LogP contribution in [0.1, 0.15) is 17.2 Å². The summed E-state index contributed by atoms with van der Waals surface area (Å²) in [5.41, 5.74) is 1.05. The maximum absolute atomic E-state index is 13.2. The normalized spacial score (nSPS) is 12.1. The zero-order chi connectivity index (χ0) is 15.6. The Bertz CT molecular complexity index is 664. The van der Waals surface area contributed by atoms with Crippen LogP contribution >= 0.6 is 27.5 Å². The van der Waals surface area contributed by atoms with Gasteiger partial charge in [0.1, 0.15) is 11.9 Å². The second kappa shape index (κ2) is 6.64. The minimum absolute atomic E-state index is 0.0388. The minimum Gasteiger partial charge on any atom is -0.493 e. The molecule has 0 saturated carbocycles. The minimum atomic E-state index is -0.975. The van der Waals surface area contributed by atoms with Crippen molar-refractivity contribution in [2.45, 2.75) is 6.10 Å². The first-order valence-corrected chi connectivity index (χ1v) is 7.19. The predicted molar refractivity (Wildman–Crippen MR) is 82.7 cm³/mol. The number of hydrogen-bond donors (Lipinski definition) is 1. The lowest BCUT2D eigenvalue weighted by molar-refractivity contribution is 0.218. The van der Waals surface area contributed by atoms with Crippen LogP contribution in [0.2, 0.25) is 5.02 Å². The number of methoxy groups -OCH3 is 2. The van der Waals surface area contributed by atoms with Crippen molar-refractivity contribution in [2.75, 3.05) is 14.2 Å². The van der Waals surface area contributed by atoms with E-state index in [4.69, 9.17) is 21.1 Å². The molecule has 1 atom stereocenters. The van der Waals surface area contributed by atoms with E-state index in [1.807, 2.05) is 0 Å². The number of halogens is 3. The van der Waals surface area contributed by atoms with Gasteiger partial charge in [0.25, 0.3) is 0 Å². The van der Waals surface area contributed by atoms with Gasteiger partial charge in [0.15, 0.2) is 11.5 Å². The van der Waals surface area contributed by atoms with Gasteiger partial charge in [-0.25, -0.2) is 4.39 Å². The van der Waals surface area contributed by atoms with Crippen molar-refractivity contribution in [1.29, 1.82) is 0 Å². The molecule has 0 heterocycles. The van der Waals surface area contributed by atoms with Crippen LogP contribution in [0.15, 0.2) is 34.8 Å². The Morgan fingerprint density at radius 3 is 2.33 bits per heavy atom. The number of aliphatic hydroxyl groups excluding tert-OH is 1. The lowest BCUT2D eigenvalue weighted by Gasteiger charge is -2.17. The van der Waals surface area contributed by atoms with Crippen molar-refractivity contribution >= 4 is 27.5 Å². The molecule has 0 saturated heterocycles. The number of ether oxygens (including phenoxy) is 2. The van der Waals surface area contributed by atoms with Crippen molar-refractivity contribution < 1.29 is 19.0 Å². The summed E-state index contributed by atoms with van der Waals surface area (Å²) < 4.78 is 24.3. The molecule has 1 N–H and O–H groups in total. The van der Waals surface area contributed by atoms with Crippen LogP contribution in [0, 0.1) is 5.82 Å². The maximum Gasteiger partial charge on any atom is 0.161 e. The summed E-state index contributed by atoms with van der Waals surface area (Å²) in [5.74, 6) is 0.499. The van der Waals surface area contributed by atoms with Crippen LogP contribution in [-0.4, -0.2) is 19.3 Å². The highest BCUT2D eigenvalue weighted by Gasteiger charge is 2.18. The van der Waals surface area contributed by atoms with Crippen molar-refractivity contribution in [3.63, 3.8) is 0 Å². The van der Waals surface area contributed by atoms with Crippen LogP contribution in [0.5, 0.6) is 11.5 Å². The summed E-state index contributed by atoms with van der Waals surface area (Å²) in [7, 11) is 3.04. The molecule has 6 heteroatoms. The van der Waals surface area contributed by atoms with E-state index in [-0.39, 0.29) is 5.02 Å². The maximum atomic E-state index is 13.2. The fourth-order valence-corrected chi connectivity index (χ4v) is 2.67. The van der Waals surface area contributed by atoms with Crippen molar-refractivity contribution in [1.82, 2.24) is 0 Å². The van der Waals surface area contributed by atoms with Gasteiger partial charge in [-0.1, -0.05) is 33.6 Å². The third kappa shape index (κ3) is 3.31. The van der Waals surface area contributed by atoms with E-state index in [9.17, 15) is 9.50 Å². The van der Waals surface area contributed by atoms with E-state index in [0.29, 0.717) is 27.1 Å². The summed E-state index contributed by atoms with van der Waals surface area (Å²) in [6.45, 7) is 0. The number of hydrogen-bond acceptors (Lipinski definition) is 3. The average molecular weight is 376 g/mol. The molecule has 2 aromatic rings. The molecule has 0 radical (unpaired) electrons. The first-order chi connectivity index (χ1) is 9.97. The molecule has 0 aliphatic rings. The fraction of sp³-hybridized carbons (Fsp3) is 0.200. The lowest BCUT2D eigenvalue weighted by Crippen LogP contribution is -2.03. The van der Waals surface area contributed by atoms with Crippen molar-refractivity contribution in [3.05, 3.63) is 56.8 Å². The molecule has 112 valence electrons. The number of benzene rings is 2. The van der Waals surface area contributed by atoms with Gasteiger partial charge in [-0.3, -0.25) is 0 Å². The molecule has 3 nitrogen and oxygen atoms in total. The quantitative estimate of drug-likeness (QED) is 0.864. The van der Waals surface area contributed by atoms with Crippen molar-refractivity contribution in [3.8, 4) is 11.5 Å². The highest BCUT2D eigenvalue weighted by molar-refractivity contribution is 9.10. The van der Waals surface area contributed by atoms with Gasteiger partial charge in [-0.15, -0.1) is 0 Å². The van der Waals surface area contributed by atoms with E-state index in [2.05, 4.69) is 15.9 Å². The summed E-state index contributed by atoms with van der Waals surface area (Å²) in [6.07, 6.45) is -0.975. The standard InChI is InChI=1S/C15H13BrClFO3/c1-20-13-6-9(10(16)7-14(13)21-2)15(19)8-3-4-12(18)11(17)5-8/h3-7,15,19H,1-2H3. The van der Waals surface area contributed by atoms with Crippen LogP contribution in [0.25, 0.3) is 0 Å². The third-order valence-corrected chi connectivity index (χ3v) is 4.03. The summed E-state index contributed by atoms with van der Waals surface area (Å²) in [6, 6.07) is 7.45. The molecule has 0 fully saturated rings. The Labute approximate surface area is 135 Å². The Balaban J connectivity index is 2.47. The van der Waals surface area contributed by atoms with Gasteiger partial charge in [0.2, 0.25) is 0 Å². The fourth-order valence-electron chi connectivity index (χ4n) is 1.94. The Morgan fingerprint density at radius 1 is 1.14 bits per heavy atom. The van der Waals surface area contributed by atoms with Crippen LogP contribution < -0.4 is 9.47 Å². The van der Waals surface area contributed by atoms with Gasteiger partial charge >= 0.3 is 0 Å². The Kier molecular flexibility index (Phi) is 5.08. The molecule has 1 unspecified atom stereocenters. The van der Waals surface area contributed by atoms with Gasteiger partial charge in [0, 0.05) is 10.0 Å². The molecular formula is C15H13BrClFO3. The number of aliphatic hydroxyl groups is 1. The average Bonchev–Trinajstić information content (AvgIpc) is 2.49. The lowest BCUT2D eigenvalue weighted by atomic mass is 10.0. The smallest absolute Gasteiger partial charge is 0.161 e. The van der Waals surface area contributed by atoms with Gasteiger partial charge in [-0.05, 0) is 29.8 Å². The molecule has 0 spiro atoms. The van der Waals surface area contributed by atoms with Gasteiger partial charge in [-0.2, -0.15) is 0 Å². The highest BCUT2D eigenvalue weighted by Crippen LogP contribution is 2.38. The van der Waals surface area contributed by atoms with Crippen LogP contribution in [0.3, 0.4) is 0 Å². The molecular weight excluding hydrogens is 363 g/mol. The van der Waals surface area contributed by atoms with Crippen LogP contribution in [-0.2, 0) is 0 Å². The van der Waals surface area contributed by atoms with E-state index in [0.717, 1.165) is 0 Å². The highest BCUT2D eigenvalue weighted by atomic mass is 79.9. The molecule has 0 aliphatic heterocycles. The third-order valence-electron chi connectivity index (χ3n) is 3.06. The summed E-state index contributed by atoms with van der Waals surface area (Å²) in [5, 5.41) is 10.4. The Hall–Kier alpha value is -1.30. The molecule has 0 bridgehead atoms. The second-order valence-corrected chi connectivity index (χ2v) is 5.57. The van der Waals surface area contributed by atoms with E-state index in [1.165, 1.54) is 32.4 Å². The van der Waals surface area contributed by atoms with Gasteiger partial charge < -0.3 is 14.6 Å². The van der Waals surface area contributed by atoms with Gasteiger partial charge in [0.05, 0.1) is 19.2 Å². The first kappa shape index (κ1) is 16.1. The molecule has 21 heavy (non-hydrogen) atoms. The van der Waals surface area contributed by atoms with Crippen molar-refractivity contribution in [2.24, 2.45) is 0 Å². The zero-order valence-electron chi connectivity index (χ0n) is 11.4.